The molecule has 0 bridgehead atoms. The van der Waals surface area contributed by atoms with E-state index in [9.17, 15) is 0 Å². The van der Waals surface area contributed by atoms with E-state index in [1.807, 2.05) is 12.1 Å². The summed E-state index contributed by atoms with van der Waals surface area (Å²) in [7, 11) is 0. The van der Waals surface area contributed by atoms with Crippen LogP contribution in [-0.2, 0) is 0 Å². The summed E-state index contributed by atoms with van der Waals surface area (Å²) in [5.74, 6) is 0. The number of hydrogen-bond acceptors (Lipinski definition) is 2. The van der Waals surface area contributed by atoms with Crippen molar-refractivity contribution in [3.8, 4) is 0 Å². The van der Waals surface area contributed by atoms with Gasteiger partial charge in [-0.1, -0.05) is 40.9 Å². The average Bonchev–Trinajstić information content (AvgIpc) is 2.36. The number of aromatic nitrogens is 2. The first-order valence-electron chi connectivity index (χ1n) is 4.86. The van der Waals surface area contributed by atoms with E-state index >= 15 is 0 Å². The first-order chi connectivity index (χ1) is 8.20. The van der Waals surface area contributed by atoms with Gasteiger partial charge in [-0.15, -0.1) is 0 Å². The fraction of sp³-hybridized carbons (Fsp3) is 0. The number of pyridine rings is 2. The van der Waals surface area contributed by atoms with Gasteiger partial charge in [0.25, 0.3) is 0 Å². The predicted octanol–water partition coefficient (Wildman–Crippen LogP) is 4.74. The van der Waals surface area contributed by atoms with Gasteiger partial charge in [0.05, 0.1) is 26.1 Å². The van der Waals surface area contributed by atoms with Gasteiger partial charge in [-0.2, -0.15) is 0 Å². The van der Waals surface area contributed by atoms with Crippen LogP contribution in [0.25, 0.3) is 21.8 Å². The molecule has 0 atom stereocenters. The number of rotatable bonds is 0. The molecule has 17 heavy (non-hydrogen) atoms. The summed E-state index contributed by atoms with van der Waals surface area (Å²) in [4.78, 5) is 8.45. The molecule has 0 saturated heterocycles. The van der Waals surface area contributed by atoms with Crippen LogP contribution in [0.15, 0.2) is 30.6 Å². The average molecular weight is 284 g/mol. The molecular formula is C12H5Cl3N2. The van der Waals surface area contributed by atoms with E-state index in [0.717, 1.165) is 10.8 Å². The lowest BCUT2D eigenvalue weighted by atomic mass is 10.1. The third kappa shape index (κ3) is 1.56. The van der Waals surface area contributed by atoms with Crippen LogP contribution < -0.4 is 0 Å². The van der Waals surface area contributed by atoms with Gasteiger partial charge in [0.1, 0.15) is 0 Å². The summed E-state index contributed by atoms with van der Waals surface area (Å²) in [6.45, 7) is 0. The van der Waals surface area contributed by atoms with Crippen molar-refractivity contribution >= 4 is 56.6 Å². The molecule has 3 aromatic rings. The molecule has 0 aliphatic carbocycles. The molecule has 0 aliphatic heterocycles. The Morgan fingerprint density at radius 2 is 1.53 bits per heavy atom. The molecule has 2 aromatic heterocycles. The maximum atomic E-state index is 6.19. The summed E-state index contributed by atoms with van der Waals surface area (Å²) in [6.07, 6.45) is 3.27. The highest BCUT2D eigenvalue weighted by atomic mass is 35.5. The van der Waals surface area contributed by atoms with E-state index in [1.54, 1.807) is 18.5 Å². The van der Waals surface area contributed by atoms with Gasteiger partial charge in [0, 0.05) is 23.2 Å². The van der Waals surface area contributed by atoms with Gasteiger partial charge in [-0.05, 0) is 12.1 Å². The molecule has 5 heteroatoms. The largest absolute Gasteiger partial charge is 0.255 e. The smallest absolute Gasteiger partial charge is 0.0925 e. The van der Waals surface area contributed by atoms with Crippen LogP contribution in [0.2, 0.25) is 15.1 Å². The minimum absolute atomic E-state index is 0.385. The van der Waals surface area contributed by atoms with Crippen molar-refractivity contribution in [1.29, 1.82) is 0 Å². The van der Waals surface area contributed by atoms with Crippen molar-refractivity contribution in [2.75, 3.05) is 0 Å². The molecule has 0 unspecified atom stereocenters. The third-order valence-corrected chi connectivity index (χ3v) is 3.73. The van der Waals surface area contributed by atoms with Gasteiger partial charge >= 0.3 is 0 Å². The standard InChI is InChI=1S/C12H5Cl3N2/c13-7-3-5-17-12-8(7)6-2-1-4-16-11(6)9(14)10(12)15/h1-5H. The summed E-state index contributed by atoms with van der Waals surface area (Å²) < 4.78 is 0. The normalized spacial score (nSPS) is 11.2. The Morgan fingerprint density at radius 3 is 2.35 bits per heavy atom. The Balaban J connectivity index is 2.72. The van der Waals surface area contributed by atoms with Crippen LogP contribution >= 0.6 is 34.8 Å². The zero-order valence-corrected chi connectivity index (χ0v) is 10.7. The Kier molecular flexibility index (Phi) is 2.58. The fourth-order valence-electron chi connectivity index (χ4n) is 1.85. The second kappa shape index (κ2) is 3.98. The van der Waals surface area contributed by atoms with Gasteiger partial charge in [0.15, 0.2) is 0 Å². The molecule has 84 valence electrons. The monoisotopic (exact) mass is 282 g/mol. The van der Waals surface area contributed by atoms with Crippen LogP contribution in [0.4, 0.5) is 0 Å². The number of nitrogens with zero attached hydrogens (tertiary/aromatic N) is 2. The quantitative estimate of drug-likeness (QED) is 0.557. The van der Waals surface area contributed by atoms with E-state index < -0.39 is 0 Å². The fourth-order valence-corrected chi connectivity index (χ4v) is 2.57. The lowest BCUT2D eigenvalue weighted by molar-refractivity contribution is 1.39. The summed E-state index contributed by atoms with van der Waals surface area (Å²) in [5, 5.41) is 3.02. The summed E-state index contributed by atoms with van der Waals surface area (Å²) >= 11 is 18.6. The maximum absolute atomic E-state index is 6.19. The van der Waals surface area contributed by atoms with Crippen molar-refractivity contribution in [1.82, 2.24) is 9.97 Å². The van der Waals surface area contributed by atoms with E-state index in [-0.39, 0.29) is 0 Å². The number of benzene rings is 1. The second-order valence-corrected chi connectivity index (χ2v) is 4.71. The van der Waals surface area contributed by atoms with Crippen LogP contribution in [-0.4, -0.2) is 9.97 Å². The molecule has 2 nitrogen and oxygen atoms in total. The molecule has 3 rings (SSSR count). The molecular weight excluding hydrogens is 279 g/mol. The SMILES string of the molecule is Clc1c(Cl)c2nccc(Cl)c2c2cccnc12. The highest BCUT2D eigenvalue weighted by molar-refractivity contribution is 6.50. The second-order valence-electron chi connectivity index (χ2n) is 3.54. The van der Waals surface area contributed by atoms with Crippen molar-refractivity contribution in [2.45, 2.75) is 0 Å². The van der Waals surface area contributed by atoms with Crippen molar-refractivity contribution in [3.05, 3.63) is 45.7 Å². The lowest BCUT2D eigenvalue weighted by Gasteiger charge is -2.08. The van der Waals surface area contributed by atoms with Crippen molar-refractivity contribution < 1.29 is 0 Å². The third-order valence-electron chi connectivity index (χ3n) is 2.59. The van der Waals surface area contributed by atoms with Crippen LogP contribution in [0.5, 0.6) is 0 Å². The summed E-state index contributed by atoms with van der Waals surface area (Å²) in [5.41, 5.74) is 1.24. The van der Waals surface area contributed by atoms with E-state index in [0.29, 0.717) is 26.1 Å². The molecule has 0 aliphatic rings. The zero-order valence-electron chi connectivity index (χ0n) is 8.42. The first-order valence-corrected chi connectivity index (χ1v) is 5.99. The Bertz CT molecular complexity index is 740. The molecule has 0 spiro atoms. The van der Waals surface area contributed by atoms with Crippen LogP contribution in [0.1, 0.15) is 0 Å². The molecule has 0 radical (unpaired) electrons. The lowest BCUT2D eigenvalue weighted by Crippen LogP contribution is -1.87. The topological polar surface area (TPSA) is 25.8 Å². The van der Waals surface area contributed by atoms with Crippen molar-refractivity contribution in [2.24, 2.45) is 0 Å². The Hall–Kier alpha value is -1.09. The number of fused-ring (bicyclic) bond motifs is 3. The zero-order chi connectivity index (χ0) is 12.0. The minimum atomic E-state index is 0.385. The van der Waals surface area contributed by atoms with Crippen LogP contribution in [0, 0.1) is 0 Å². The van der Waals surface area contributed by atoms with Gasteiger partial charge in [-0.3, -0.25) is 9.97 Å². The van der Waals surface area contributed by atoms with E-state index in [2.05, 4.69) is 9.97 Å². The number of halogens is 3. The van der Waals surface area contributed by atoms with E-state index in [1.165, 1.54) is 0 Å². The maximum Gasteiger partial charge on any atom is 0.0925 e. The Morgan fingerprint density at radius 1 is 0.824 bits per heavy atom. The number of hydrogen-bond donors (Lipinski definition) is 0. The molecule has 2 heterocycles. The summed E-state index contributed by atoms with van der Waals surface area (Å²) in [6, 6.07) is 5.45. The molecule has 0 N–H and O–H groups in total. The van der Waals surface area contributed by atoms with Gasteiger partial charge in [0.2, 0.25) is 0 Å². The van der Waals surface area contributed by atoms with Gasteiger partial charge < -0.3 is 0 Å². The highest BCUT2D eigenvalue weighted by Gasteiger charge is 2.14. The van der Waals surface area contributed by atoms with Crippen LogP contribution in [0.3, 0.4) is 0 Å². The van der Waals surface area contributed by atoms with Crippen molar-refractivity contribution in [3.63, 3.8) is 0 Å². The molecule has 0 amide bonds. The Labute approximate surface area is 112 Å². The predicted molar refractivity (Wildman–Crippen MR) is 72.1 cm³/mol. The molecule has 1 aromatic carbocycles. The van der Waals surface area contributed by atoms with Gasteiger partial charge in [-0.25, -0.2) is 0 Å². The minimum Gasteiger partial charge on any atom is -0.255 e. The highest BCUT2D eigenvalue weighted by Crippen LogP contribution is 2.39. The molecule has 0 saturated carbocycles. The molecule has 0 fully saturated rings. The first kappa shape index (κ1) is 11.0. The van der Waals surface area contributed by atoms with E-state index in [4.69, 9.17) is 34.8 Å².